The van der Waals surface area contributed by atoms with Crippen LogP contribution in [0.15, 0.2) is 88.2 Å². The molecule has 1 aliphatic rings. The van der Waals surface area contributed by atoms with Gasteiger partial charge < -0.3 is 10.1 Å². The van der Waals surface area contributed by atoms with E-state index in [1.165, 1.54) is 12.0 Å². The van der Waals surface area contributed by atoms with Crippen LogP contribution >= 0.6 is 11.8 Å². The lowest BCUT2D eigenvalue weighted by Gasteiger charge is -2.16. The Balaban J connectivity index is 1.61. The maximum Gasteiger partial charge on any atom is 0.284 e. The number of nitrogens with zero attached hydrogens (tertiary/aromatic N) is 2. The first kappa shape index (κ1) is 24.4. The van der Waals surface area contributed by atoms with Gasteiger partial charge in [-0.05, 0) is 48.5 Å². The minimum absolute atomic E-state index is 0.0929. The smallest absolute Gasteiger partial charge is 0.284 e. The van der Waals surface area contributed by atoms with Gasteiger partial charge in [-0.25, -0.2) is 4.39 Å². The van der Waals surface area contributed by atoms with Crippen LogP contribution < -0.4 is 15.0 Å². The molecule has 180 valence electrons. The molecule has 0 radical (unpaired) electrons. The summed E-state index contributed by atoms with van der Waals surface area (Å²) in [7, 11) is -2.73. The number of halogens is 1. The second kappa shape index (κ2) is 10.3. The number of thioether (sulfide) groups is 1. The van der Waals surface area contributed by atoms with Crippen molar-refractivity contribution in [2.75, 3.05) is 17.3 Å². The van der Waals surface area contributed by atoms with Crippen molar-refractivity contribution in [3.8, 4) is 5.75 Å². The summed E-state index contributed by atoms with van der Waals surface area (Å²) in [5.41, 5.74) is 0.909. The van der Waals surface area contributed by atoms with Gasteiger partial charge in [-0.15, -0.1) is 4.40 Å². The zero-order valence-corrected chi connectivity index (χ0v) is 20.1. The van der Waals surface area contributed by atoms with Gasteiger partial charge in [0.1, 0.15) is 16.8 Å². The quantitative estimate of drug-likeness (QED) is 0.511. The number of nitrogens with one attached hydrogen (secondary N) is 1. The molecule has 1 atom stereocenters. The molecule has 0 bridgehead atoms. The van der Waals surface area contributed by atoms with Gasteiger partial charge in [0, 0.05) is 18.2 Å². The molecule has 35 heavy (non-hydrogen) atoms. The van der Waals surface area contributed by atoms with E-state index in [-0.39, 0.29) is 16.5 Å². The van der Waals surface area contributed by atoms with E-state index in [1.54, 1.807) is 54.6 Å². The largest absolute Gasteiger partial charge is 0.497 e. The van der Waals surface area contributed by atoms with Gasteiger partial charge >= 0.3 is 0 Å². The summed E-state index contributed by atoms with van der Waals surface area (Å²) in [6.07, 6.45) is -0.209. The number of methoxy groups -OCH3 is 1. The maximum absolute atomic E-state index is 13.3. The zero-order valence-electron chi connectivity index (χ0n) is 18.4. The Bertz CT molecular complexity index is 1380. The van der Waals surface area contributed by atoms with Crippen molar-refractivity contribution in [2.24, 2.45) is 4.40 Å². The number of para-hydroxylation sites is 1. The van der Waals surface area contributed by atoms with Crippen LogP contribution in [0.2, 0.25) is 0 Å². The van der Waals surface area contributed by atoms with Gasteiger partial charge in [0.25, 0.3) is 10.0 Å². The highest BCUT2D eigenvalue weighted by molar-refractivity contribution is 8.16. The maximum atomic E-state index is 13.3. The Morgan fingerprint density at radius 1 is 1.09 bits per heavy atom. The standard InChI is InChI=1S/C24H20FN3O5S2/c1-33-19-9-5-6-17(14-19)26-22(29)15-21-23(30)28(18-7-3-2-4-8-18)24(34-21)27-35(31,32)20-12-10-16(25)11-13-20/h2-14,21H,15H2,1H3,(H,26,29)/b27-24+. The van der Waals surface area contributed by atoms with Gasteiger partial charge in [-0.3, -0.25) is 14.5 Å². The molecule has 0 saturated carbocycles. The van der Waals surface area contributed by atoms with Crippen molar-refractivity contribution in [2.45, 2.75) is 16.6 Å². The Hall–Kier alpha value is -3.70. The predicted octanol–water partition coefficient (Wildman–Crippen LogP) is 4.06. The molecule has 4 rings (SSSR count). The Morgan fingerprint density at radius 2 is 1.80 bits per heavy atom. The van der Waals surface area contributed by atoms with Crippen molar-refractivity contribution in [1.29, 1.82) is 0 Å². The van der Waals surface area contributed by atoms with E-state index in [0.29, 0.717) is 17.1 Å². The first-order chi connectivity index (χ1) is 16.8. The van der Waals surface area contributed by atoms with Crippen molar-refractivity contribution < 1.29 is 27.1 Å². The second-order valence-electron chi connectivity index (χ2n) is 7.40. The first-order valence-electron chi connectivity index (χ1n) is 10.4. The summed E-state index contributed by atoms with van der Waals surface area (Å²) < 4.78 is 48.0. The molecular formula is C24H20FN3O5S2. The number of carbonyl (C=O) groups is 2. The van der Waals surface area contributed by atoms with Crippen LogP contribution in [0.3, 0.4) is 0 Å². The molecule has 8 nitrogen and oxygen atoms in total. The number of amides is 2. The van der Waals surface area contributed by atoms with Gasteiger partial charge in [0.05, 0.1) is 17.7 Å². The van der Waals surface area contributed by atoms with Crippen LogP contribution in [-0.2, 0) is 19.6 Å². The van der Waals surface area contributed by atoms with Crippen LogP contribution in [0.4, 0.5) is 15.8 Å². The van der Waals surface area contributed by atoms with Crippen molar-refractivity contribution >= 4 is 50.1 Å². The third-order valence-corrected chi connectivity index (χ3v) is 7.52. The van der Waals surface area contributed by atoms with Crippen LogP contribution in [0.25, 0.3) is 0 Å². The van der Waals surface area contributed by atoms with E-state index in [0.717, 1.165) is 36.0 Å². The fraction of sp³-hybridized carbons (Fsp3) is 0.125. The van der Waals surface area contributed by atoms with E-state index in [2.05, 4.69) is 9.71 Å². The summed E-state index contributed by atoms with van der Waals surface area (Å²) in [6, 6.07) is 19.4. The van der Waals surface area contributed by atoms with Crippen LogP contribution in [0.1, 0.15) is 6.42 Å². The molecule has 1 aliphatic heterocycles. The molecule has 0 aliphatic carbocycles. The summed E-state index contributed by atoms with van der Waals surface area (Å²) >= 11 is 0.881. The van der Waals surface area contributed by atoms with E-state index in [4.69, 9.17) is 4.74 Å². The van der Waals surface area contributed by atoms with Crippen LogP contribution in [0, 0.1) is 5.82 Å². The molecule has 3 aromatic carbocycles. The van der Waals surface area contributed by atoms with Crippen molar-refractivity contribution in [1.82, 2.24) is 0 Å². The second-order valence-corrected chi connectivity index (χ2v) is 10.2. The summed E-state index contributed by atoms with van der Waals surface area (Å²) in [4.78, 5) is 26.9. The van der Waals surface area contributed by atoms with E-state index in [1.807, 2.05) is 0 Å². The number of sulfonamides is 1. The number of anilines is 2. The first-order valence-corrected chi connectivity index (χ1v) is 12.7. The highest BCUT2D eigenvalue weighted by Crippen LogP contribution is 2.35. The highest BCUT2D eigenvalue weighted by Gasteiger charge is 2.41. The van der Waals surface area contributed by atoms with Gasteiger partial charge in [-0.1, -0.05) is 36.0 Å². The number of hydrogen-bond acceptors (Lipinski definition) is 6. The molecule has 0 aromatic heterocycles. The number of amidine groups is 1. The molecule has 1 N–H and O–H groups in total. The monoisotopic (exact) mass is 513 g/mol. The summed E-state index contributed by atoms with van der Waals surface area (Å²) in [5.74, 6) is -0.936. The number of carbonyl (C=O) groups excluding carboxylic acids is 2. The lowest BCUT2D eigenvalue weighted by Crippen LogP contribution is -2.33. The SMILES string of the molecule is COc1cccc(NC(=O)CC2S/C(=N/S(=O)(=O)c3ccc(F)cc3)N(c3ccccc3)C2=O)c1. The van der Waals surface area contributed by atoms with Gasteiger partial charge in [0.2, 0.25) is 11.8 Å². The van der Waals surface area contributed by atoms with Gasteiger partial charge in [0.15, 0.2) is 5.17 Å². The number of rotatable bonds is 7. The summed E-state index contributed by atoms with van der Waals surface area (Å²) in [6.45, 7) is 0. The third kappa shape index (κ3) is 5.69. The molecule has 0 spiro atoms. The fourth-order valence-electron chi connectivity index (χ4n) is 3.32. The van der Waals surface area contributed by atoms with E-state index >= 15 is 0 Å². The molecule has 2 amide bonds. The summed E-state index contributed by atoms with van der Waals surface area (Å²) in [5, 5.41) is 1.72. The Kier molecular flexibility index (Phi) is 7.17. The van der Waals surface area contributed by atoms with Crippen molar-refractivity contribution in [3.63, 3.8) is 0 Å². The lowest BCUT2D eigenvalue weighted by atomic mass is 10.2. The Labute approximate surface area is 205 Å². The highest BCUT2D eigenvalue weighted by atomic mass is 32.2. The topological polar surface area (TPSA) is 105 Å². The van der Waals surface area contributed by atoms with E-state index < -0.39 is 32.9 Å². The third-order valence-electron chi connectivity index (χ3n) is 4.98. The fourth-order valence-corrected chi connectivity index (χ4v) is 5.65. The van der Waals surface area contributed by atoms with Gasteiger partial charge in [-0.2, -0.15) is 8.42 Å². The molecule has 1 saturated heterocycles. The lowest BCUT2D eigenvalue weighted by molar-refractivity contribution is -0.121. The van der Waals surface area contributed by atoms with E-state index in [9.17, 15) is 22.4 Å². The molecule has 11 heteroatoms. The molecular weight excluding hydrogens is 493 g/mol. The predicted molar refractivity (Wildman–Crippen MR) is 133 cm³/mol. The molecule has 1 fully saturated rings. The van der Waals surface area contributed by atoms with Crippen LogP contribution in [0.5, 0.6) is 5.75 Å². The number of benzene rings is 3. The number of hydrogen-bond donors (Lipinski definition) is 1. The Morgan fingerprint density at radius 3 is 2.49 bits per heavy atom. The van der Waals surface area contributed by atoms with Crippen LogP contribution in [-0.4, -0.2) is 37.8 Å². The minimum Gasteiger partial charge on any atom is -0.497 e. The molecule has 1 heterocycles. The average Bonchev–Trinajstić information content (AvgIpc) is 3.13. The average molecular weight is 514 g/mol. The molecule has 3 aromatic rings. The molecule has 1 unspecified atom stereocenters. The number of ether oxygens (including phenoxy) is 1. The zero-order chi connectivity index (χ0) is 25.0. The normalized spacial score (nSPS) is 17.0. The minimum atomic E-state index is -4.24. The van der Waals surface area contributed by atoms with Crippen molar-refractivity contribution in [3.05, 3.63) is 84.7 Å².